The Morgan fingerprint density at radius 3 is 2.90 bits per heavy atom. The van der Waals surface area contributed by atoms with Crippen LogP contribution in [0.3, 0.4) is 0 Å². The van der Waals surface area contributed by atoms with Crippen molar-refractivity contribution in [1.82, 2.24) is 9.88 Å². The van der Waals surface area contributed by atoms with Crippen molar-refractivity contribution >= 4 is 5.91 Å². The molecular weight excluding hydrogens is 256 g/mol. The molecule has 0 unspecified atom stereocenters. The fourth-order valence-corrected chi connectivity index (χ4v) is 3.09. The van der Waals surface area contributed by atoms with E-state index in [1.165, 1.54) is 0 Å². The molecule has 0 aliphatic carbocycles. The van der Waals surface area contributed by atoms with Gasteiger partial charge in [-0.25, -0.2) is 0 Å². The summed E-state index contributed by atoms with van der Waals surface area (Å²) in [6, 6.07) is 3.61. The minimum absolute atomic E-state index is 0.0641. The summed E-state index contributed by atoms with van der Waals surface area (Å²) in [5.74, 6) is 0.0641. The molecule has 20 heavy (non-hydrogen) atoms. The minimum atomic E-state index is -0.0770. The zero-order valence-corrected chi connectivity index (χ0v) is 11.7. The fourth-order valence-electron chi connectivity index (χ4n) is 3.09. The molecule has 1 aromatic heterocycles. The van der Waals surface area contributed by atoms with Gasteiger partial charge in [0.05, 0.1) is 23.9 Å². The normalized spacial score (nSPS) is 25.1. The maximum Gasteiger partial charge on any atom is 0.255 e. The van der Waals surface area contributed by atoms with Gasteiger partial charge in [-0.15, -0.1) is 0 Å². The standard InChI is InChI=1S/C15H20N2O3/c1-19-13-9-15(20-11-13)4-7-17(8-5-15)14(18)12-3-2-6-16-10-12/h2-3,6,10,13H,4-5,7-9,11H2,1H3/t13-/m1/s1. The number of carbonyl (C=O) groups is 1. The van der Waals surface area contributed by atoms with Gasteiger partial charge in [-0.05, 0) is 25.0 Å². The Morgan fingerprint density at radius 1 is 1.50 bits per heavy atom. The molecule has 3 heterocycles. The van der Waals surface area contributed by atoms with Crippen LogP contribution in [0.15, 0.2) is 24.5 Å². The van der Waals surface area contributed by atoms with Crippen molar-refractivity contribution in [2.45, 2.75) is 31.0 Å². The Morgan fingerprint density at radius 2 is 2.30 bits per heavy atom. The number of piperidine rings is 1. The molecule has 0 N–H and O–H groups in total. The number of hydrogen-bond acceptors (Lipinski definition) is 4. The molecule has 1 amide bonds. The van der Waals surface area contributed by atoms with Gasteiger partial charge in [0.1, 0.15) is 0 Å². The lowest BCUT2D eigenvalue weighted by atomic mass is 9.88. The van der Waals surface area contributed by atoms with Crippen molar-refractivity contribution in [2.24, 2.45) is 0 Å². The molecule has 2 saturated heterocycles. The second-order valence-corrected chi connectivity index (χ2v) is 5.59. The van der Waals surface area contributed by atoms with Crippen molar-refractivity contribution in [3.05, 3.63) is 30.1 Å². The smallest absolute Gasteiger partial charge is 0.255 e. The third-order valence-electron chi connectivity index (χ3n) is 4.38. The summed E-state index contributed by atoms with van der Waals surface area (Å²) in [6.07, 6.45) is 6.23. The largest absolute Gasteiger partial charge is 0.379 e. The van der Waals surface area contributed by atoms with Crippen molar-refractivity contribution in [3.8, 4) is 0 Å². The first kappa shape index (κ1) is 13.5. The molecular formula is C15H20N2O3. The van der Waals surface area contributed by atoms with E-state index < -0.39 is 0 Å². The lowest BCUT2D eigenvalue weighted by Crippen LogP contribution is -2.46. The van der Waals surface area contributed by atoms with Crippen molar-refractivity contribution in [3.63, 3.8) is 0 Å². The van der Waals surface area contributed by atoms with Crippen LogP contribution in [0.1, 0.15) is 29.6 Å². The lowest BCUT2D eigenvalue weighted by molar-refractivity contribution is -0.0402. The van der Waals surface area contributed by atoms with E-state index >= 15 is 0 Å². The first-order chi connectivity index (χ1) is 9.72. The summed E-state index contributed by atoms with van der Waals surface area (Å²) in [7, 11) is 1.73. The molecule has 0 aromatic carbocycles. The molecule has 0 saturated carbocycles. The molecule has 5 heteroatoms. The van der Waals surface area contributed by atoms with Gasteiger partial charge in [0.15, 0.2) is 0 Å². The first-order valence-corrected chi connectivity index (χ1v) is 7.08. The third kappa shape index (κ3) is 2.55. The number of nitrogens with zero attached hydrogens (tertiary/aromatic N) is 2. The predicted octanol–water partition coefficient (Wildman–Crippen LogP) is 1.49. The van der Waals surface area contributed by atoms with Crippen LogP contribution < -0.4 is 0 Å². The summed E-state index contributed by atoms with van der Waals surface area (Å²) in [6.45, 7) is 2.15. The van der Waals surface area contributed by atoms with Crippen molar-refractivity contribution < 1.29 is 14.3 Å². The summed E-state index contributed by atoms with van der Waals surface area (Å²) >= 11 is 0. The molecule has 2 aliphatic heterocycles. The van der Waals surface area contributed by atoms with E-state index in [2.05, 4.69) is 4.98 Å². The molecule has 2 aliphatic rings. The fraction of sp³-hybridized carbons (Fsp3) is 0.600. The molecule has 0 bridgehead atoms. The maximum absolute atomic E-state index is 12.3. The van der Waals surface area contributed by atoms with E-state index in [0.717, 1.165) is 32.4 Å². The highest BCUT2D eigenvalue weighted by Gasteiger charge is 2.43. The average Bonchev–Trinajstić information content (AvgIpc) is 2.91. The highest BCUT2D eigenvalue weighted by Crippen LogP contribution is 2.37. The van der Waals surface area contributed by atoms with Crippen LogP contribution in [0.4, 0.5) is 0 Å². The Hall–Kier alpha value is -1.46. The molecule has 2 fully saturated rings. The zero-order valence-electron chi connectivity index (χ0n) is 11.7. The van der Waals surface area contributed by atoms with Crippen LogP contribution in [0.25, 0.3) is 0 Å². The van der Waals surface area contributed by atoms with E-state index in [9.17, 15) is 4.79 Å². The van der Waals surface area contributed by atoms with E-state index in [1.54, 1.807) is 25.6 Å². The second kappa shape index (κ2) is 5.50. The quantitative estimate of drug-likeness (QED) is 0.821. The molecule has 3 rings (SSSR count). The first-order valence-electron chi connectivity index (χ1n) is 7.08. The topological polar surface area (TPSA) is 51.7 Å². The number of amides is 1. The second-order valence-electron chi connectivity index (χ2n) is 5.59. The van der Waals surface area contributed by atoms with E-state index in [4.69, 9.17) is 9.47 Å². The van der Waals surface area contributed by atoms with Crippen LogP contribution in [0, 0.1) is 0 Å². The van der Waals surface area contributed by atoms with Gasteiger partial charge < -0.3 is 14.4 Å². The summed E-state index contributed by atoms with van der Waals surface area (Å²) in [5, 5.41) is 0. The molecule has 1 spiro atoms. The highest BCUT2D eigenvalue weighted by atomic mass is 16.6. The van der Waals surface area contributed by atoms with E-state index in [-0.39, 0.29) is 17.6 Å². The van der Waals surface area contributed by atoms with E-state index in [1.807, 2.05) is 11.0 Å². The van der Waals surface area contributed by atoms with Crippen LogP contribution in [0.2, 0.25) is 0 Å². The molecule has 108 valence electrons. The van der Waals surface area contributed by atoms with Gasteiger partial charge >= 0.3 is 0 Å². The Bertz CT molecular complexity index is 469. The van der Waals surface area contributed by atoms with Gasteiger partial charge in [0.25, 0.3) is 5.91 Å². The maximum atomic E-state index is 12.3. The predicted molar refractivity (Wildman–Crippen MR) is 73.5 cm³/mol. The number of ether oxygens (including phenoxy) is 2. The van der Waals surface area contributed by atoms with Crippen LogP contribution >= 0.6 is 0 Å². The summed E-state index contributed by atoms with van der Waals surface area (Å²) < 4.78 is 11.3. The van der Waals surface area contributed by atoms with Crippen LogP contribution in [0.5, 0.6) is 0 Å². The van der Waals surface area contributed by atoms with Crippen LogP contribution in [-0.4, -0.2) is 54.3 Å². The Labute approximate surface area is 118 Å². The number of likely N-dealkylation sites (tertiary alicyclic amines) is 1. The average molecular weight is 276 g/mol. The molecule has 1 aromatic rings. The van der Waals surface area contributed by atoms with Crippen molar-refractivity contribution in [1.29, 1.82) is 0 Å². The van der Waals surface area contributed by atoms with E-state index in [0.29, 0.717) is 12.2 Å². The number of rotatable bonds is 2. The molecule has 5 nitrogen and oxygen atoms in total. The number of carbonyl (C=O) groups excluding carboxylic acids is 1. The molecule has 0 radical (unpaired) electrons. The molecule has 1 atom stereocenters. The van der Waals surface area contributed by atoms with Gasteiger partial charge in [-0.2, -0.15) is 0 Å². The Kier molecular flexibility index (Phi) is 3.72. The minimum Gasteiger partial charge on any atom is -0.379 e. The summed E-state index contributed by atoms with van der Waals surface area (Å²) in [5.41, 5.74) is 0.581. The van der Waals surface area contributed by atoms with Crippen LogP contribution in [-0.2, 0) is 9.47 Å². The van der Waals surface area contributed by atoms with Gasteiger partial charge in [0, 0.05) is 39.0 Å². The Balaban J connectivity index is 1.60. The monoisotopic (exact) mass is 276 g/mol. The summed E-state index contributed by atoms with van der Waals surface area (Å²) in [4.78, 5) is 18.2. The number of hydrogen-bond donors (Lipinski definition) is 0. The van der Waals surface area contributed by atoms with Crippen molar-refractivity contribution in [2.75, 3.05) is 26.8 Å². The van der Waals surface area contributed by atoms with Gasteiger partial charge in [-0.3, -0.25) is 9.78 Å². The zero-order chi connectivity index (χ0) is 14.0. The number of aromatic nitrogens is 1. The highest BCUT2D eigenvalue weighted by molar-refractivity contribution is 5.93. The van der Waals surface area contributed by atoms with Gasteiger partial charge in [0.2, 0.25) is 0 Å². The third-order valence-corrected chi connectivity index (χ3v) is 4.38. The SMILES string of the molecule is CO[C@H]1COC2(CCN(C(=O)c3cccnc3)CC2)C1. The van der Waals surface area contributed by atoms with Gasteiger partial charge in [-0.1, -0.05) is 0 Å². The lowest BCUT2D eigenvalue weighted by Gasteiger charge is -2.38. The number of methoxy groups -OCH3 is 1. The number of pyridine rings is 1.